The fraction of sp³-hybridized carbons (Fsp3) is 0.808. The van der Waals surface area contributed by atoms with E-state index in [1.165, 1.54) is 6.42 Å². The molecule has 0 aliphatic heterocycles. The van der Waals surface area contributed by atoms with Gasteiger partial charge in [0.05, 0.1) is 0 Å². The monoisotopic (exact) mass is 453 g/mol. The average Bonchev–Trinajstić information content (AvgIpc) is 2.72. The number of nitrogens with one attached hydrogen (secondary N) is 1. The van der Waals surface area contributed by atoms with Gasteiger partial charge in [-0.1, -0.05) is 78.9 Å². The van der Waals surface area contributed by atoms with Crippen molar-refractivity contribution in [3.8, 4) is 0 Å². The Balaban J connectivity index is 3.87. The minimum absolute atomic E-state index is 0.102. The molecule has 0 aliphatic rings. The van der Waals surface area contributed by atoms with Crippen LogP contribution in [0.1, 0.15) is 105 Å². The highest BCUT2D eigenvalue weighted by atomic mass is 16.4. The predicted molar refractivity (Wildman–Crippen MR) is 129 cm³/mol. The zero-order valence-electron chi connectivity index (χ0n) is 20.9. The molecule has 2 unspecified atom stereocenters. The van der Waals surface area contributed by atoms with Gasteiger partial charge >= 0.3 is 5.97 Å². The van der Waals surface area contributed by atoms with Crippen LogP contribution in [0.25, 0.3) is 0 Å². The second kappa shape index (κ2) is 17.8. The van der Waals surface area contributed by atoms with E-state index in [1.807, 2.05) is 19.9 Å². The van der Waals surface area contributed by atoms with E-state index >= 15 is 0 Å². The lowest BCUT2D eigenvalue weighted by molar-refractivity contribution is -0.143. The number of allylic oxidation sites excluding steroid dienone is 2. The molecule has 0 spiro atoms. The second-order valence-electron chi connectivity index (χ2n) is 9.70. The molecule has 0 saturated carbocycles. The molecular weight excluding hydrogens is 406 g/mol. The fourth-order valence-corrected chi connectivity index (χ4v) is 3.81. The van der Waals surface area contributed by atoms with Crippen LogP contribution in [0, 0.1) is 17.8 Å². The molecule has 0 heterocycles. The number of rotatable bonds is 19. The highest BCUT2D eigenvalue weighted by Crippen LogP contribution is 2.15. The van der Waals surface area contributed by atoms with Crippen LogP contribution < -0.4 is 5.32 Å². The van der Waals surface area contributed by atoms with Crippen LogP contribution in [0.2, 0.25) is 0 Å². The lowest BCUT2D eigenvalue weighted by Gasteiger charge is -2.20. The lowest BCUT2D eigenvalue weighted by Crippen LogP contribution is -2.44. The number of carbonyl (C=O) groups excluding carboxylic acids is 2. The fourth-order valence-electron chi connectivity index (χ4n) is 3.81. The topological polar surface area (TPSA) is 104 Å². The third-order valence-corrected chi connectivity index (χ3v) is 5.95. The number of unbranched alkanes of at least 4 members (excludes halogenated alkanes) is 4. The number of amides is 1. The molecule has 186 valence electrons. The number of Topliss-reactive ketones (excluding diaryl/α,β-unsaturated/α-hetero) is 1. The summed E-state index contributed by atoms with van der Waals surface area (Å²) >= 11 is 0. The van der Waals surface area contributed by atoms with Crippen molar-refractivity contribution in [2.24, 2.45) is 17.8 Å². The highest BCUT2D eigenvalue weighted by Gasteiger charge is 2.24. The molecule has 0 aromatic carbocycles. The molecule has 1 amide bonds. The van der Waals surface area contributed by atoms with Gasteiger partial charge in [-0.15, -0.1) is 0 Å². The van der Waals surface area contributed by atoms with E-state index in [-0.39, 0.29) is 17.6 Å². The lowest BCUT2D eigenvalue weighted by atomic mass is 9.95. The summed E-state index contributed by atoms with van der Waals surface area (Å²) in [4.78, 5) is 35.3. The molecule has 32 heavy (non-hydrogen) atoms. The van der Waals surface area contributed by atoms with Crippen molar-refractivity contribution < 1.29 is 24.6 Å². The quantitative estimate of drug-likeness (QED) is 0.182. The minimum atomic E-state index is -0.989. The summed E-state index contributed by atoms with van der Waals surface area (Å²) in [5.74, 6) is -0.144. The molecule has 0 saturated heterocycles. The van der Waals surface area contributed by atoms with Gasteiger partial charge in [-0.3, -0.25) is 9.59 Å². The Hall–Kier alpha value is -1.69. The standard InChI is InChI=1S/C26H47NO5/c1-6-21(5)25(26(31)32)27-24(30)17-11-9-7-8-10-15-22(28)23(29)16-13-12-14-20(4)18-19(2)3/h12-13,19-22,25,28H,6-11,14-18H2,1-5H3,(H,27,30)(H,31,32)/t20?,21-,22?,25-/m0/s1. The second-order valence-corrected chi connectivity index (χ2v) is 9.70. The Labute approximate surface area is 195 Å². The number of ketones is 1. The van der Waals surface area contributed by atoms with E-state index in [1.54, 1.807) is 0 Å². The summed E-state index contributed by atoms with van der Waals surface area (Å²) in [6, 6.07) is -0.829. The Morgan fingerprint density at radius 2 is 1.56 bits per heavy atom. The van der Waals surface area contributed by atoms with Gasteiger partial charge in [0.1, 0.15) is 12.1 Å². The molecule has 4 atom stereocenters. The van der Waals surface area contributed by atoms with Crippen molar-refractivity contribution >= 4 is 17.7 Å². The molecule has 6 nitrogen and oxygen atoms in total. The van der Waals surface area contributed by atoms with Crippen LogP contribution in [0.15, 0.2) is 12.2 Å². The third kappa shape index (κ3) is 15.2. The van der Waals surface area contributed by atoms with Gasteiger partial charge in [-0.25, -0.2) is 4.79 Å². The third-order valence-electron chi connectivity index (χ3n) is 5.95. The zero-order valence-corrected chi connectivity index (χ0v) is 20.9. The maximum absolute atomic E-state index is 12.0. The first-order valence-corrected chi connectivity index (χ1v) is 12.5. The van der Waals surface area contributed by atoms with Gasteiger partial charge in [0.2, 0.25) is 5.91 Å². The first-order valence-electron chi connectivity index (χ1n) is 12.5. The van der Waals surface area contributed by atoms with Crippen LogP contribution >= 0.6 is 0 Å². The summed E-state index contributed by atoms with van der Waals surface area (Å²) in [6.45, 7) is 10.4. The number of aliphatic carboxylic acids is 1. The van der Waals surface area contributed by atoms with Gasteiger partial charge < -0.3 is 15.5 Å². The first-order chi connectivity index (χ1) is 15.1. The summed E-state index contributed by atoms with van der Waals surface area (Å²) in [5, 5.41) is 21.9. The van der Waals surface area contributed by atoms with Gasteiger partial charge in [0, 0.05) is 12.8 Å². The van der Waals surface area contributed by atoms with Gasteiger partial charge in [0.15, 0.2) is 5.78 Å². The van der Waals surface area contributed by atoms with Crippen molar-refractivity contribution in [3.63, 3.8) is 0 Å². The summed E-state index contributed by atoms with van der Waals surface area (Å²) in [7, 11) is 0. The maximum Gasteiger partial charge on any atom is 0.326 e. The largest absolute Gasteiger partial charge is 0.480 e. The number of carbonyl (C=O) groups is 3. The first kappa shape index (κ1) is 30.3. The molecule has 0 bridgehead atoms. The van der Waals surface area contributed by atoms with Gasteiger partial charge in [-0.2, -0.15) is 0 Å². The van der Waals surface area contributed by atoms with Gasteiger partial charge in [-0.05, 0) is 43.4 Å². The Morgan fingerprint density at radius 1 is 0.938 bits per heavy atom. The number of hydrogen-bond acceptors (Lipinski definition) is 4. The smallest absolute Gasteiger partial charge is 0.326 e. The maximum atomic E-state index is 12.0. The Kier molecular flexibility index (Phi) is 16.9. The number of carboxylic acids is 1. The van der Waals surface area contributed by atoms with E-state index < -0.39 is 18.1 Å². The molecule has 0 aliphatic carbocycles. The van der Waals surface area contributed by atoms with E-state index in [9.17, 15) is 24.6 Å². The Morgan fingerprint density at radius 3 is 2.16 bits per heavy atom. The summed E-state index contributed by atoms with van der Waals surface area (Å²) in [6.07, 6.45) is 11.1. The van der Waals surface area contributed by atoms with Crippen LogP contribution in [0.5, 0.6) is 0 Å². The molecular formula is C26H47NO5. The SMILES string of the molecule is CC[C@H](C)[C@H](NC(=O)CCCCCCCC(O)C(=O)CC=CCC(C)CC(C)C)C(=O)O. The molecule has 0 aromatic heterocycles. The molecule has 0 rings (SSSR count). The normalized spacial score (nSPS) is 15.5. The average molecular weight is 454 g/mol. The number of carboxylic acid groups (broad SMARTS) is 1. The summed E-state index contributed by atoms with van der Waals surface area (Å²) in [5.41, 5.74) is 0. The van der Waals surface area contributed by atoms with Crippen LogP contribution in [0.3, 0.4) is 0 Å². The van der Waals surface area contributed by atoms with Crippen LogP contribution in [-0.2, 0) is 14.4 Å². The van der Waals surface area contributed by atoms with Crippen molar-refractivity contribution in [3.05, 3.63) is 12.2 Å². The molecule has 0 radical (unpaired) electrons. The van der Waals surface area contributed by atoms with E-state index in [2.05, 4.69) is 32.2 Å². The van der Waals surface area contributed by atoms with Crippen molar-refractivity contribution in [1.29, 1.82) is 0 Å². The van der Waals surface area contributed by atoms with Crippen LogP contribution in [-0.4, -0.2) is 40.0 Å². The van der Waals surface area contributed by atoms with Crippen molar-refractivity contribution in [2.75, 3.05) is 0 Å². The summed E-state index contributed by atoms with van der Waals surface area (Å²) < 4.78 is 0. The number of aliphatic hydroxyl groups is 1. The molecule has 6 heteroatoms. The number of aliphatic hydroxyl groups excluding tert-OH is 1. The molecule has 0 fully saturated rings. The van der Waals surface area contributed by atoms with Crippen molar-refractivity contribution in [1.82, 2.24) is 5.32 Å². The van der Waals surface area contributed by atoms with Gasteiger partial charge in [0.25, 0.3) is 0 Å². The highest BCUT2D eigenvalue weighted by molar-refractivity contribution is 5.84. The van der Waals surface area contributed by atoms with E-state index in [0.717, 1.165) is 32.1 Å². The van der Waals surface area contributed by atoms with Crippen LogP contribution in [0.4, 0.5) is 0 Å². The predicted octanol–water partition coefficient (Wildman–Crippen LogP) is 5.28. The Bertz CT molecular complexity index is 573. The molecule has 3 N–H and O–H groups in total. The van der Waals surface area contributed by atoms with Crippen molar-refractivity contribution in [2.45, 2.75) is 117 Å². The zero-order chi connectivity index (χ0) is 24.5. The van der Waals surface area contributed by atoms with E-state index in [0.29, 0.717) is 43.9 Å². The minimum Gasteiger partial charge on any atom is -0.480 e. The number of hydrogen-bond donors (Lipinski definition) is 3. The molecule has 0 aromatic rings. The van der Waals surface area contributed by atoms with E-state index in [4.69, 9.17) is 0 Å².